The molecule has 2 aromatic rings. The van der Waals surface area contributed by atoms with E-state index in [1.165, 1.54) is 0 Å². The van der Waals surface area contributed by atoms with E-state index in [-0.39, 0.29) is 5.84 Å². The molecule has 0 spiro atoms. The Hall–Kier alpha value is -1.54. The Morgan fingerprint density at radius 2 is 2.20 bits per heavy atom. The van der Waals surface area contributed by atoms with Gasteiger partial charge in [-0.25, -0.2) is 5.53 Å². The summed E-state index contributed by atoms with van der Waals surface area (Å²) >= 11 is 0. The average molecular weight is 218 g/mol. The lowest BCUT2D eigenvalue weighted by Gasteiger charge is -2.01. The molecule has 1 unspecified atom stereocenters. The summed E-state index contributed by atoms with van der Waals surface area (Å²) in [5.74, 6) is -0.00414. The Morgan fingerprint density at radius 3 is 2.87 bits per heavy atom. The molecule has 0 saturated carbocycles. The number of rotatable bonds is 2. The predicted octanol–water partition coefficient (Wildman–Crippen LogP) is 2.83. The minimum Gasteiger partial charge on any atom is -0.344 e. The monoisotopic (exact) mass is 218 g/mol. The van der Waals surface area contributed by atoms with Crippen molar-refractivity contribution in [2.75, 3.05) is 0 Å². The molecule has 0 bridgehead atoms. The first-order chi connectivity index (χ1) is 7.26. The Bertz CT molecular complexity index is 529. The van der Waals surface area contributed by atoms with Crippen LogP contribution >= 0.6 is 9.24 Å². The van der Waals surface area contributed by atoms with Crippen molar-refractivity contribution in [2.45, 2.75) is 6.29 Å². The lowest BCUT2D eigenvalue weighted by atomic mass is 10.1. The molecule has 0 fully saturated rings. The van der Waals surface area contributed by atoms with Gasteiger partial charge in [0.05, 0.1) is 0 Å². The fourth-order valence-corrected chi connectivity index (χ4v) is 1.89. The number of nitrogens with zero attached hydrogens (tertiary/aromatic N) is 2. The highest BCUT2D eigenvalue weighted by molar-refractivity contribution is 7.15. The maximum atomic E-state index is 7.44. The van der Waals surface area contributed by atoms with Gasteiger partial charge in [-0.05, 0) is 24.3 Å². The van der Waals surface area contributed by atoms with Crippen molar-refractivity contribution in [2.24, 2.45) is 5.11 Å². The van der Waals surface area contributed by atoms with Crippen LogP contribution in [0.15, 0.2) is 35.6 Å². The SMILES string of the molecule is N=NC(=N)c1ccc2c(ccn2CP)c1. The number of amidine groups is 1. The van der Waals surface area contributed by atoms with E-state index in [1.807, 2.05) is 30.5 Å². The maximum Gasteiger partial charge on any atom is 0.173 e. The number of hydrogen-bond acceptors (Lipinski definition) is 2. The van der Waals surface area contributed by atoms with Crippen molar-refractivity contribution in [3.8, 4) is 0 Å². The van der Waals surface area contributed by atoms with Gasteiger partial charge in [-0.1, -0.05) is 0 Å². The Labute approximate surface area is 89.5 Å². The summed E-state index contributed by atoms with van der Waals surface area (Å²) in [5.41, 5.74) is 8.60. The van der Waals surface area contributed by atoms with Crippen LogP contribution in [-0.4, -0.2) is 10.4 Å². The van der Waals surface area contributed by atoms with E-state index in [1.54, 1.807) is 0 Å². The molecular formula is C10H11N4P. The smallest absolute Gasteiger partial charge is 0.173 e. The molecule has 0 aliphatic rings. The van der Waals surface area contributed by atoms with Gasteiger partial charge in [0, 0.05) is 28.9 Å². The van der Waals surface area contributed by atoms with Gasteiger partial charge >= 0.3 is 0 Å². The third-order valence-electron chi connectivity index (χ3n) is 2.35. The molecule has 1 aromatic heterocycles. The molecule has 0 aliphatic carbocycles. The molecular weight excluding hydrogens is 207 g/mol. The first kappa shape index (κ1) is 9.99. The van der Waals surface area contributed by atoms with Crippen LogP contribution in [0.4, 0.5) is 0 Å². The van der Waals surface area contributed by atoms with E-state index in [9.17, 15) is 0 Å². The minimum atomic E-state index is -0.00414. The van der Waals surface area contributed by atoms with Crippen molar-refractivity contribution in [1.29, 1.82) is 10.9 Å². The molecule has 1 aromatic carbocycles. The second-order valence-electron chi connectivity index (χ2n) is 3.20. The number of fused-ring (bicyclic) bond motifs is 1. The summed E-state index contributed by atoms with van der Waals surface area (Å²) in [5, 5.41) is 11.6. The topological polar surface area (TPSA) is 65.0 Å². The van der Waals surface area contributed by atoms with Crippen molar-refractivity contribution < 1.29 is 0 Å². The van der Waals surface area contributed by atoms with Gasteiger partial charge in [0.15, 0.2) is 5.84 Å². The highest BCUT2D eigenvalue weighted by Crippen LogP contribution is 2.19. The van der Waals surface area contributed by atoms with Gasteiger partial charge < -0.3 is 4.57 Å². The van der Waals surface area contributed by atoms with E-state index in [0.29, 0.717) is 5.56 Å². The highest BCUT2D eigenvalue weighted by atomic mass is 31.0. The van der Waals surface area contributed by atoms with Gasteiger partial charge in [0.25, 0.3) is 0 Å². The van der Waals surface area contributed by atoms with Gasteiger partial charge in [0.2, 0.25) is 0 Å². The van der Waals surface area contributed by atoms with E-state index in [4.69, 9.17) is 10.9 Å². The average Bonchev–Trinajstić information content (AvgIpc) is 2.69. The zero-order chi connectivity index (χ0) is 10.8. The van der Waals surface area contributed by atoms with Crippen LogP contribution in [0.25, 0.3) is 10.9 Å². The Kier molecular flexibility index (Phi) is 2.60. The molecule has 0 amide bonds. The zero-order valence-electron chi connectivity index (χ0n) is 8.07. The molecule has 15 heavy (non-hydrogen) atoms. The summed E-state index contributed by atoms with van der Waals surface area (Å²) in [6.07, 6.45) is 2.85. The van der Waals surface area contributed by atoms with Crippen molar-refractivity contribution in [3.63, 3.8) is 0 Å². The fourth-order valence-electron chi connectivity index (χ4n) is 1.57. The van der Waals surface area contributed by atoms with Crippen LogP contribution in [0.1, 0.15) is 5.56 Å². The largest absolute Gasteiger partial charge is 0.344 e. The van der Waals surface area contributed by atoms with Gasteiger partial charge in [-0.3, -0.25) is 5.41 Å². The predicted molar refractivity (Wildman–Crippen MR) is 63.6 cm³/mol. The van der Waals surface area contributed by atoms with Crippen molar-refractivity contribution in [1.82, 2.24) is 4.57 Å². The van der Waals surface area contributed by atoms with Gasteiger partial charge in [-0.2, -0.15) is 0 Å². The van der Waals surface area contributed by atoms with Crippen molar-refractivity contribution >= 4 is 26.0 Å². The number of nitrogens with one attached hydrogen (secondary N) is 2. The van der Waals surface area contributed by atoms with E-state index >= 15 is 0 Å². The molecule has 0 aliphatic heterocycles. The maximum absolute atomic E-state index is 7.44. The lowest BCUT2D eigenvalue weighted by Crippen LogP contribution is -1.93. The second-order valence-corrected chi connectivity index (χ2v) is 3.57. The molecule has 0 saturated heterocycles. The zero-order valence-corrected chi connectivity index (χ0v) is 9.22. The molecule has 76 valence electrons. The number of aromatic nitrogens is 1. The summed E-state index contributed by atoms with van der Waals surface area (Å²) in [4.78, 5) is 0. The molecule has 0 radical (unpaired) electrons. The van der Waals surface area contributed by atoms with E-state index < -0.39 is 0 Å². The lowest BCUT2D eigenvalue weighted by molar-refractivity contribution is 0.943. The second kappa shape index (κ2) is 3.91. The quantitative estimate of drug-likeness (QED) is 0.337. The van der Waals surface area contributed by atoms with E-state index in [0.717, 1.165) is 17.2 Å². The normalized spacial score (nSPS) is 10.5. The molecule has 2 N–H and O–H groups in total. The molecule has 2 rings (SSSR count). The standard InChI is InChI=1S/C10H11N4P/c11-10(13-12)8-1-2-9-7(5-8)3-4-14(9)6-15/h1-5,11-12H,6,15H2. The van der Waals surface area contributed by atoms with Crippen molar-refractivity contribution in [3.05, 3.63) is 36.0 Å². The molecule has 1 atom stereocenters. The first-order valence-corrected chi connectivity index (χ1v) is 5.33. The third-order valence-corrected chi connectivity index (χ3v) is 2.75. The van der Waals surface area contributed by atoms with Crippen LogP contribution < -0.4 is 0 Å². The molecule has 4 nitrogen and oxygen atoms in total. The van der Waals surface area contributed by atoms with Crippen LogP contribution in [0.5, 0.6) is 0 Å². The first-order valence-electron chi connectivity index (χ1n) is 4.51. The Balaban J connectivity index is 2.57. The van der Waals surface area contributed by atoms with Gasteiger partial charge in [0.1, 0.15) is 0 Å². The third kappa shape index (κ3) is 1.68. The molecule has 1 heterocycles. The van der Waals surface area contributed by atoms with Crippen LogP contribution in [-0.2, 0) is 6.29 Å². The number of hydrogen-bond donors (Lipinski definition) is 2. The van der Waals surface area contributed by atoms with Crippen LogP contribution in [0.3, 0.4) is 0 Å². The van der Waals surface area contributed by atoms with Gasteiger partial charge in [-0.15, -0.1) is 14.4 Å². The summed E-state index contributed by atoms with van der Waals surface area (Å²) < 4.78 is 2.10. The summed E-state index contributed by atoms with van der Waals surface area (Å²) in [6.45, 7) is 0. The summed E-state index contributed by atoms with van der Waals surface area (Å²) in [7, 11) is 2.67. The summed E-state index contributed by atoms with van der Waals surface area (Å²) in [6, 6.07) is 7.65. The molecule has 5 heteroatoms. The van der Waals surface area contributed by atoms with E-state index in [2.05, 4.69) is 18.9 Å². The highest BCUT2D eigenvalue weighted by Gasteiger charge is 2.03. The fraction of sp³-hybridized carbons (Fsp3) is 0.100. The Morgan fingerprint density at radius 1 is 1.40 bits per heavy atom. The number of benzene rings is 1. The van der Waals surface area contributed by atoms with Crippen LogP contribution in [0.2, 0.25) is 0 Å². The van der Waals surface area contributed by atoms with Crippen LogP contribution in [0, 0.1) is 10.9 Å². The minimum absolute atomic E-state index is 0.00414.